The first kappa shape index (κ1) is 18.0. The van der Waals surface area contributed by atoms with E-state index in [0.717, 1.165) is 23.4 Å². The first-order chi connectivity index (χ1) is 9.86. The van der Waals surface area contributed by atoms with Crippen molar-refractivity contribution in [3.8, 4) is 0 Å². The zero-order valence-corrected chi connectivity index (χ0v) is 13.7. The van der Waals surface area contributed by atoms with Gasteiger partial charge >= 0.3 is 0 Å². The van der Waals surface area contributed by atoms with Crippen molar-refractivity contribution in [3.05, 3.63) is 30.1 Å². The van der Waals surface area contributed by atoms with E-state index < -0.39 is 0 Å². The number of imidazole rings is 1. The van der Waals surface area contributed by atoms with Crippen molar-refractivity contribution in [3.63, 3.8) is 0 Å². The summed E-state index contributed by atoms with van der Waals surface area (Å²) in [6, 6.07) is 8.12. The lowest BCUT2D eigenvalue weighted by Gasteiger charge is -2.07. The van der Waals surface area contributed by atoms with Gasteiger partial charge in [-0.05, 0) is 18.6 Å². The van der Waals surface area contributed by atoms with Crippen molar-refractivity contribution in [1.29, 1.82) is 0 Å². The Balaban J connectivity index is 0.00000220. The number of aryl methyl sites for hydroxylation is 1. The molecule has 0 spiro atoms. The maximum Gasteiger partial charge on any atom is 0.135 e. The van der Waals surface area contributed by atoms with Gasteiger partial charge in [0, 0.05) is 6.54 Å². The van der Waals surface area contributed by atoms with Crippen molar-refractivity contribution in [1.82, 2.24) is 9.55 Å². The van der Waals surface area contributed by atoms with E-state index in [9.17, 15) is 5.11 Å². The number of aromatic nitrogens is 2. The molecule has 0 bridgehead atoms. The summed E-state index contributed by atoms with van der Waals surface area (Å²) >= 11 is 0. The molecular formula is C17H27ClN2O. The molecule has 0 atom stereocenters. The quantitative estimate of drug-likeness (QED) is 0.682. The van der Waals surface area contributed by atoms with Crippen LogP contribution in [-0.2, 0) is 13.2 Å². The van der Waals surface area contributed by atoms with Gasteiger partial charge in [0.25, 0.3) is 0 Å². The van der Waals surface area contributed by atoms with Crippen LogP contribution in [0.4, 0.5) is 0 Å². The van der Waals surface area contributed by atoms with E-state index in [1.165, 1.54) is 44.9 Å². The molecule has 1 aromatic heterocycles. The summed E-state index contributed by atoms with van der Waals surface area (Å²) in [5.41, 5.74) is 2.13. The number of hydrogen-bond donors (Lipinski definition) is 1. The predicted molar refractivity (Wildman–Crippen MR) is 90.9 cm³/mol. The van der Waals surface area contributed by atoms with Crippen LogP contribution in [0.2, 0.25) is 0 Å². The van der Waals surface area contributed by atoms with Crippen LogP contribution in [0, 0.1) is 0 Å². The summed E-state index contributed by atoms with van der Waals surface area (Å²) in [5.74, 6) is 0.789. The highest BCUT2D eigenvalue weighted by molar-refractivity contribution is 5.85. The smallest absolute Gasteiger partial charge is 0.135 e. The summed E-state index contributed by atoms with van der Waals surface area (Å²) in [6.07, 6.45) is 9.14. The highest BCUT2D eigenvalue weighted by Gasteiger charge is 2.08. The third-order valence-electron chi connectivity index (χ3n) is 3.86. The highest BCUT2D eigenvalue weighted by Crippen LogP contribution is 2.17. The van der Waals surface area contributed by atoms with E-state index in [2.05, 4.69) is 22.5 Å². The number of halogens is 1. The zero-order chi connectivity index (χ0) is 14.2. The first-order valence-electron chi connectivity index (χ1n) is 7.91. The number of hydrogen-bond acceptors (Lipinski definition) is 2. The van der Waals surface area contributed by atoms with Gasteiger partial charge in [0.1, 0.15) is 12.4 Å². The van der Waals surface area contributed by atoms with E-state index in [0.29, 0.717) is 0 Å². The molecule has 0 aliphatic rings. The molecule has 1 aromatic carbocycles. The van der Waals surface area contributed by atoms with Crippen molar-refractivity contribution >= 4 is 23.4 Å². The number of benzene rings is 1. The van der Waals surface area contributed by atoms with Crippen molar-refractivity contribution < 1.29 is 5.11 Å². The Morgan fingerprint density at radius 1 is 1.00 bits per heavy atom. The number of para-hydroxylation sites is 2. The maximum atomic E-state index is 9.44. The fraction of sp³-hybridized carbons (Fsp3) is 0.588. The van der Waals surface area contributed by atoms with Crippen LogP contribution in [0.3, 0.4) is 0 Å². The SMILES string of the molecule is CCCCCCCCCn1c(CO)nc2ccccc21.Cl. The highest BCUT2D eigenvalue weighted by atomic mass is 35.5. The molecule has 4 heteroatoms. The Morgan fingerprint density at radius 3 is 2.38 bits per heavy atom. The van der Waals surface area contributed by atoms with E-state index in [1.54, 1.807) is 0 Å². The Hall–Kier alpha value is -1.06. The Morgan fingerprint density at radius 2 is 1.67 bits per heavy atom. The minimum Gasteiger partial charge on any atom is -0.388 e. The van der Waals surface area contributed by atoms with Crippen LogP contribution in [-0.4, -0.2) is 14.7 Å². The third-order valence-corrected chi connectivity index (χ3v) is 3.86. The van der Waals surface area contributed by atoms with Gasteiger partial charge in [0.05, 0.1) is 11.0 Å². The second kappa shape index (κ2) is 9.80. The second-order valence-electron chi connectivity index (χ2n) is 5.45. The first-order valence-corrected chi connectivity index (χ1v) is 7.91. The van der Waals surface area contributed by atoms with Gasteiger partial charge < -0.3 is 9.67 Å². The number of aliphatic hydroxyl groups excluding tert-OH is 1. The topological polar surface area (TPSA) is 38.0 Å². The number of rotatable bonds is 9. The molecule has 0 aliphatic heterocycles. The summed E-state index contributed by atoms with van der Waals surface area (Å²) in [5, 5.41) is 9.44. The van der Waals surface area contributed by atoms with Crippen molar-refractivity contribution in [2.45, 2.75) is 65.0 Å². The molecule has 0 amide bonds. The summed E-state index contributed by atoms with van der Waals surface area (Å²) in [7, 11) is 0. The van der Waals surface area contributed by atoms with Crippen LogP contribution in [0.25, 0.3) is 11.0 Å². The van der Waals surface area contributed by atoms with Crippen LogP contribution < -0.4 is 0 Å². The maximum absolute atomic E-state index is 9.44. The molecule has 1 heterocycles. The lowest BCUT2D eigenvalue weighted by atomic mass is 10.1. The van der Waals surface area contributed by atoms with Crippen LogP contribution in [0.1, 0.15) is 57.7 Å². The van der Waals surface area contributed by atoms with E-state index in [-0.39, 0.29) is 19.0 Å². The van der Waals surface area contributed by atoms with Gasteiger partial charge in [-0.1, -0.05) is 57.6 Å². The normalized spacial score (nSPS) is 10.8. The van der Waals surface area contributed by atoms with Gasteiger partial charge in [-0.25, -0.2) is 4.98 Å². The minimum absolute atomic E-state index is 0. The Kier molecular flexibility index (Phi) is 8.40. The molecule has 21 heavy (non-hydrogen) atoms. The molecule has 118 valence electrons. The molecule has 0 radical (unpaired) electrons. The Labute approximate surface area is 133 Å². The van der Waals surface area contributed by atoms with Gasteiger partial charge in [0.15, 0.2) is 0 Å². The molecule has 2 aromatic rings. The molecule has 0 saturated carbocycles. The standard InChI is InChI=1S/C17H26N2O.ClH/c1-2-3-4-5-6-7-10-13-19-16-12-9-8-11-15(16)18-17(19)14-20;/h8-9,11-12,20H,2-7,10,13-14H2,1H3;1H. The molecule has 0 unspecified atom stereocenters. The summed E-state index contributed by atoms with van der Waals surface area (Å²) in [6.45, 7) is 3.23. The fourth-order valence-corrected chi connectivity index (χ4v) is 2.72. The number of fused-ring (bicyclic) bond motifs is 1. The van der Waals surface area contributed by atoms with E-state index in [4.69, 9.17) is 0 Å². The Bertz CT molecular complexity index is 524. The molecule has 0 aliphatic carbocycles. The fourth-order valence-electron chi connectivity index (χ4n) is 2.72. The van der Waals surface area contributed by atoms with Gasteiger partial charge in [0.2, 0.25) is 0 Å². The van der Waals surface area contributed by atoms with Crippen LogP contribution in [0.5, 0.6) is 0 Å². The number of aliphatic hydroxyl groups is 1. The van der Waals surface area contributed by atoms with Gasteiger partial charge in [-0.15, -0.1) is 12.4 Å². The lowest BCUT2D eigenvalue weighted by Crippen LogP contribution is -2.04. The third kappa shape index (κ3) is 5.01. The summed E-state index contributed by atoms with van der Waals surface area (Å²) < 4.78 is 2.17. The van der Waals surface area contributed by atoms with Crippen molar-refractivity contribution in [2.75, 3.05) is 0 Å². The predicted octanol–water partition coefficient (Wildman–Crippen LogP) is 4.70. The monoisotopic (exact) mass is 310 g/mol. The molecule has 0 saturated heterocycles. The molecule has 0 fully saturated rings. The van der Waals surface area contributed by atoms with E-state index in [1.807, 2.05) is 18.2 Å². The minimum atomic E-state index is 0. The zero-order valence-electron chi connectivity index (χ0n) is 12.9. The molecule has 2 rings (SSSR count). The van der Waals surface area contributed by atoms with Crippen LogP contribution >= 0.6 is 12.4 Å². The molecular weight excluding hydrogens is 284 g/mol. The lowest BCUT2D eigenvalue weighted by molar-refractivity contribution is 0.265. The largest absolute Gasteiger partial charge is 0.388 e. The van der Waals surface area contributed by atoms with Gasteiger partial charge in [-0.2, -0.15) is 0 Å². The van der Waals surface area contributed by atoms with E-state index >= 15 is 0 Å². The van der Waals surface area contributed by atoms with Gasteiger partial charge in [-0.3, -0.25) is 0 Å². The summed E-state index contributed by atoms with van der Waals surface area (Å²) in [4.78, 5) is 4.48. The average molecular weight is 311 g/mol. The molecule has 1 N–H and O–H groups in total. The second-order valence-corrected chi connectivity index (χ2v) is 5.45. The van der Waals surface area contributed by atoms with Crippen molar-refractivity contribution in [2.24, 2.45) is 0 Å². The number of nitrogens with zero attached hydrogens (tertiary/aromatic N) is 2. The average Bonchev–Trinajstić information content (AvgIpc) is 2.84. The molecule has 3 nitrogen and oxygen atoms in total. The number of unbranched alkanes of at least 4 members (excludes halogenated alkanes) is 6. The van der Waals surface area contributed by atoms with Crippen LogP contribution in [0.15, 0.2) is 24.3 Å².